The molecule has 0 bridgehead atoms. The number of rotatable bonds is 2. The van der Waals surface area contributed by atoms with Gasteiger partial charge in [-0.1, -0.05) is 18.9 Å². The van der Waals surface area contributed by atoms with E-state index in [0.29, 0.717) is 13.1 Å². The van der Waals surface area contributed by atoms with Gasteiger partial charge in [0.15, 0.2) is 0 Å². The lowest BCUT2D eigenvalue weighted by Gasteiger charge is -2.41. The van der Waals surface area contributed by atoms with Crippen LogP contribution in [0.2, 0.25) is 0 Å². The number of hydrogen-bond acceptors (Lipinski definition) is 2. The monoisotopic (exact) mass is 342 g/mol. The molecule has 0 aromatic heterocycles. The lowest BCUT2D eigenvalue weighted by molar-refractivity contribution is -0.137. The van der Waals surface area contributed by atoms with Crippen LogP contribution in [0, 0.1) is 0 Å². The number of hydrogen-bond donors (Lipinski definition) is 0. The zero-order chi connectivity index (χ0) is 17.2. The molecule has 0 spiro atoms. The fourth-order valence-corrected chi connectivity index (χ4v) is 3.07. The van der Waals surface area contributed by atoms with Gasteiger partial charge in [0.05, 0.1) is 18.7 Å². The molecule has 132 valence electrons. The number of benzene rings is 1. The van der Waals surface area contributed by atoms with Crippen molar-refractivity contribution in [1.82, 2.24) is 9.80 Å². The normalized spacial score (nSPS) is 19.6. The van der Waals surface area contributed by atoms with E-state index in [1.807, 2.05) is 4.90 Å². The minimum atomic E-state index is -4.38. The van der Waals surface area contributed by atoms with Crippen molar-refractivity contribution in [3.8, 4) is 5.75 Å². The maximum Gasteiger partial charge on any atom is 0.416 e. The lowest BCUT2D eigenvalue weighted by Crippen LogP contribution is -2.59. The topological polar surface area (TPSA) is 32.8 Å². The zero-order valence-electron chi connectivity index (χ0n) is 13.4. The van der Waals surface area contributed by atoms with E-state index in [0.717, 1.165) is 50.9 Å². The molecule has 2 amide bonds. The van der Waals surface area contributed by atoms with Crippen molar-refractivity contribution in [1.29, 1.82) is 0 Å². The Morgan fingerprint density at radius 1 is 1.04 bits per heavy atom. The van der Waals surface area contributed by atoms with Gasteiger partial charge in [0.25, 0.3) is 0 Å². The van der Waals surface area contributed by atoms with E-state index in [2.05, 4.69) is 0 Å². The number of amides is 2. The molecule has 4 nitrogen and oxygen atoms in total. The SMILES string of the molecule is O=C(N1CCCCCC1)N1CC(Oc2cccc(C(F)(F)F)c2)C1. The summed E-state index contributed by atoms with van der Waals surface area (Å²) in [6.07, 6.45) is -0.249. The summed E-state index contributed by atoms with van der Waals surface area (Å²) >= 11 is 0. The van der Waals surface area contributed by atoms with Crippen LogP contribution in [0.3, 0.4) is 0 Å². The van der Waals surface area contributed by atoms with Crippen LogP contribution in [0.1, 0.15) is 31.2 Å². The van der Waals surface area contributed by atoms with Gasteiger partial charge in [-0.25, -0.2) is 4.79 Å². The van der Waals surface area contributed by atoms with Gasteiger partial charge in [0.1, 0.15) is 11.9 Å². The molecule has 24 heavy (non-hydrogen) atoms. The van der Waals surface area contributed by atoms with Crippen LogP contribution in [-0.2, 0) is 6.18 Å². The highest BCUT2D eigenvalue weighted by Gasteiger charge is 2.35. The third kappa shape index (κ3) is 3.94. The first-order valence-electron chi connectivity index (χ1n) is 8.31. The van der Waals surface area contributed by atoms with E-state index in [-0.39, 0.29) is 17.9 Å². The molecule has 0 unspecified atom stereocenters. The zero-order valence-corrected chi connectivity index (χ0v) is 13.4. The van der Waals surface area contributed by atoms with Crippen molar-refractivity contribution in [2.75, 3.05) is 26.2 Å². The van der Waals surface area contributed by atoms with Crippen molar-refractivity contribution in [2.45, 2.75) is 38.0 Å². The second kappa shape index (κ2) is 6.91. The second-order valence-corrected chi connectivity index (χ2v) is 6.35. The van der Waals surface area contributed by atoms with Crippen molar-refractivity contribution < 1.29 is 22.7 Å². The molecular weight excluding hydrogens is 321 g/mol. The van der Waals surface area contributed by atoms with Crippen molar-refractivity contribution >= 4 is 6.03 Å². The van der Waals surface area contributed by atoms with Crippen LogP contribution in [0.25, 0.3) is 0 Å². The van der Waals surface area contributed by atoms with Crippen molar-refractivity contribution in [2.24, 2.45) is 0 Å². The summed E-state index contributed by atoms with van der Waals surface area (Å²) < 4.78 is 43.6. The number of alkyl halides is 3. The third-order valence-electron chi connectivity index (χ3n) is 4.46. The molecule has 2 heterocycles. The predicted octanol–water partition coefficient (Wildman–Crippen LogP) is 3.76. The van der Waals surface area contributed by atoms with Gasteiger partial charge in [0.2, 0.25) is 0 Å². The van der Waals surface area contributed by atoms with Gasteiger partial charge in [-0.2, -0.15) is 13.2 Å². The van der Waals surface area contributed by atoms with Crippen LogP contribution < -0.4 is 4.74 Å². The Labute approximate surface area is 139 Å². The Morgan fingerprint density at radius 2 is 1.71 bits per heavy atom. The van der Waals surface area contributed by atoms with E-state index in [9.17, 15) is 18.0 Å². The van der Waals surface area contributed by atoms with Gasteiger partial charge in [-0.15, -0.1) is 0 Å². The number of halogens is 3. The molecule has 7 heteroatoms. The van der Waals surface area contributed by atoms with Crippen molar-refractivity contribution in [3.05, 3.63) is 29.8 Å². The Hall–Kier alpha value is -1.92. The molecular formula is C17H21F3N2O2. The van der Waals surface area contributed by atoms with Crippen molar-refractivity contribution in [3.63, 3.8) is 0 Å². The minimum absolute atomic E-state index is 0.0146. The molecule has 2 aliphatic rings. The number of ether oxygens (including phenoxy) is 1. The molecule has 1 aromatic rings. The smallest absolute Gasteiger partial charge is 0.416 e. The molecule has 1 aromatic carbocycles. The highest BCUT2D eigenvalue weighted by molar-refractivity contribution is 5.75. The van der Waals surface area contributed by atoms with E-state index in [1.54, 1.807) is 4.90 Å². The average molecular weight is 342 g/mol. The first kappa shape index (κ1) is 16.9. The summed E-state index contributed by atoms with van der Waals surface area (Å²) in [4.78, 5) is 15.9. The summed E-state index contributed by atoms with van der Waals surface area (Å²) in [6.45, 7) is 2.42. The molecule has 0 aliphatic carbocycles. The second-order valence-electron chi connectivity index (χ2n) is 6.35. The molecule has 3 rings (SSSR count). The summed E-state index contributed by atoms with van der Waals surface area (Å²) in [5.74, 6) is 0.191. The Balaban J connectivity index is 1.51. The Kier molecular flexibility index (Phi) is 4.87. The van der Waals surface area contributed by atoms with Gasteiger partial charge in [-0.3, -0.25) is 0 Å². The molecule has 0 radical (unpaired) electrons. The summed E-state index contributed by atoms with van der Waals surface area (Å²) in [5.41, 5.74) is -0.725. The summed E-state index contributed by atoms with van der Waals surface area (Å²) in [5, 5.41) is 0. The number of nitrogens with zero attached hydrogens (tertiary/aromatic N) is 2. The van der Waals surface area contributed by atoms with Crippen LogP contribution in [0.4, 0.5) is 18.0 Å². The Morgan fingerprint density at radius 3 is 2.33 bits per heavy atom. The van der Waals surface area contributed by atoms with Gasteiger partial charge < -0.3 is 14.5 Å². The average Bonchev–Trinajstić information content (AvgIpc) is 2.78. The maximum absolute atomic E-state index is 12.7. The van der Waals surface area contributed by atoms with Crippen LogP contribution in [0.5, 0.6) is 5.75 Å². The van der Waals surface area contributed by atoms with Gasteiger partial charge >= 0.3 is 12.2 Å². The van der Waals surface area contributed by atoms with Crippen LogP contribution >= 0.6 is 0 Å². The number of carbonyl (C=O) groups is 1. The number of carbonyl (C=O) groups excluding carboxylic acids is 1. The fraction of sp³-hybridized carbons (Fsp3) is 0.588. The Bertz CT molecular complexity index is 577. The number of likely N-dealkylation sites (tertiary alicyclic amines) is 2. The quantitative estimate of drug-likeness (QED) is 0.820. The van der Waals surface area contributed by atoms with E-state index < -0.39 is 11.7 Å². The van der Waals surface area contributed by atoms with Crippen LogP contribution in [0.15, 0.2) is 24.3 Å². The lowest BCUT2D eigenvalue weighted by atomic mass is 10.1. The van der Waals surface area contributed by atoms with E-state index in [1.165, 1.54) is 12.1 Å². The first-order chi connectivity index (χ1) is 11.4. The highest BCUT2D eigenvalue weighted by Crippen LogP contribution is 2.32. The van der Waals surface area contributed by atoms with Crippen LogP contribution in [-0.4, -0.2) is 48.1 Å². The standard InChI is InChI=1S/C17H21F3N2O2/c18-17(19,20)13-6-5-7-14(10-13)24-15-11-22(12-15)16(23)21-8-3-1-2-4-9-21/h5-7,10,15H,1-4,8-9,11-12H2. The minimum Gasteiger partial charge on any atom is -0.487 e. The van der Waals surface area contributed by atoms with Gasteiger partial charge in [0, 0.05) is 13.1 Å². The largest absolute Gasteiger partial charge is 0.487 e. The molecule has 2 aliphatic heterocycles. The molecule has 2 fully saturated rings. The predicted molar refractivity (Wildman–Crippen MR) is 82.9 cm³/mol. The fourth-order valence-electron chi connectivity index (χ4n) is 3.07. The number of urea groups is 1. The van der Waals surface area contributed by atoms with E-state index >= 15 is 0 Å². The summed E-state index contributed by atoms with van der Waals surface area (Å²) in [7, 11) is 0. The highest BCUT2D eigenvalue weighted by atomic mass is 19.4. The van der Waals surface area contributed by atoms with Gasteiger partial charge in [-0.05, 0) is 31.0 Å². The summed E-state index contributed by atoms with van der Waals surface area (Å²) in [6, 6.07) is 4.87. The van der Waals surface area contributed by atoms with E-state index in [4.69, 9.17) is 4.74 Å². The molecule has 2 saturated heterocycles. The maximum atomic E-state index is 12.7. The molecule has 0 N–H and O–H groups in total. The molecule has 0 saturated carbocycles. The first-order valence-corrected chi connectivity index (χ1v) is 8.31. The third-order valence-corrected chi connectivity index (χ3v) is 4.46. The molecule has 0 atom stereocenters.